The Balaban J connectivity index is 2.08. The Hall–Kier alpha value is -0.800. The molecule has 1 heterocycles. The molecule has 1 aromatic heterocycles. The first-order valence-corrected chi connectivity index (χ1v) is 9.97. The second kappa shape index (κ2) is 7.65. The third-order valence-electron chi connectivity index (χ3n) is 3.18. The molecule has 1 aromatic carbocycles. The molecule has 5 nitrogen and oxygen atoms in total. The number of likely N-dealkylation sites (N-methyl/N-ethyl adjacent to an activating group) is 1. The van der Waals surface area contributed by atoms with Crippen molar-refractivity contribution in [2.75, 3.05) is 26.7 Å². The molecule has 1 N–H and O–H groups in total. The predicted octanol–water partition coefficient (Wildman–Crippen LogP) is 2.80. The van der Waals surface area contributed by atoms with Crippen LogP contribution in [0.4, 0.5) is 0 Å². The lowest BCUT2D eigenvalue weighted by Crippen LogP contribution is -2.33. The van der Waals surface area contributed by atoms with Crippen LogP contribution in [0.2, 0.25) is 0 Å². The fourth-order valence-electron chi connectivity index (χ4n) is 1.71. The topological polar surface area (TPSA) is 62.3 Å². The number of aromatic nitrogens is 1. The van der Waals surface area contributed by atoms with Crippen molar-refractivity contribution < 1.29 is 8.42 Å². The average Bonchev–Trinajstić information content (AvgIpc) is 2.98. The number of thiazole rings is 1. The van der Waals surface area contributed by atoms with Gasteiger partial charge in [0.1, 0.15) is 5.01 Å². The van der Waals surface area contributed by atoms with Crippen LogP contribution in [0, 0.1) is 0 Å². The molecule has 0 spiro atoms. The lowest BCUT2D eigenvalue weighted by Gasteiger charge is -2.13. The maximum Gasteiger partial charge on any atom is 0.258 e. The van der Waals surface area contributed by atoms with Crippen molar-refractivity contribution in [1.82, 2.24) is 14.6 Å². The van der Waals surface area contributed by atoms with Gasteiger partial charge in [0.05, 0.1) is 0 Å². The highest BCUT2D eigenvalue weighted by Gasteiger charge is 2.18. The van der Waals surface area contributed by atoms with E-state index in [1.165, 1.54) is 11.3 Å². The molecule has 22 heavy (non-hydrogen) atoms. The van der Waals surface area contributed by atoms with Crippen LogP contribution < -0.4 is 4.72 Å². The standard InChI is InChI=1S/C14H18BrN3O2S2/c1-3-18(2)9-8-16-22(19,20)13-10-21-14(17-13)11-4-6-12(15)7-5-11/h4-7,10,16H,3,8-9H2,1-2H3. The number of nitrogens with one attached hydrogen (secondary N) is 1. The number of hydrogen-bond donors (Lipinski definition) is 1. The van der Waals surface area contributed by atoms with E-state index in [2.05, 4.69) is 25.6 Å². The normalized spacial score (nSPS) is 12.0. The van der Waals surface area contributed by atoms with E-state index in [-0.39, 0.29) is 5.03 Å². The van der Waals surface area contributed by atoms with Crippen LogP contribution in [0.15, 0.2) is 39.1 Å². The Kier molecular flexibility index (Phi) is 6.10. The lowest BCUT2D eigenvalue weighted by molar-refractivity contribution is 0.358. The smallest absolute Gasteiger partial charge is 0.258 e. The molecule has 2 aromatic rings. The van der Waals surface area contributed by atoms with Gasteiger partial charge >= 0.3 is 0 Å². The van der Waals surface area contributed by atoms with Crippen molar-refractivity contribution in [2.24, 2.45) is 0 Å². The quantitative estimate of drug-likeness (QED) is 0.771. The molecule has 120 valence electrons. The highest BCUT2D eigenvalue weighted by atomic mass is 79.9. The lowest BCUT2D eigenvalue weighted by atomic mass is 10.2. The summed E-state index contributed by atoms with van der Waals surface area (Å²) in [6.07, 6.45) is 0. The molecule has 0 unspecified atom stereocenters. The Morgan fingerprint density at radius 1 is 1.32 bits per heavy atom. The molecule has 0 saturated heterocycles. The number of nitrogens with zero attached hydrogens (tertiary/aromatic N) is 2. The van der Waals surface area contributed by atoms with Crippen LogP contribution in [-0.4, -0.2) is 45.0 Å². The van der Waals surface area contributed by atoms with Gasteiger partial charge in [-0.3, -0.25) is 0 Å². The van der Waals surface area contributed by atoms with Gasteiger partial charge in [-0.05, 0) is 25.7 Å². The summed E-state index contributed by atoms with van der Waals surface area (Å²) in [6, 6.07) is 7.62. The molecule has 0 radical (unpaired) electrons. The van der Waals surface area contributed by atoms with Crippen molar-refractivity contribution in [3.05, 3.63) is 34.1 Å². The largest absolute Gasteiger partial charge is 0.305 e. The Bertz CT molecular complexity index is 714. The highest BCUT2D eigenvalue weighted by molar-refractivity contribution is 9.10. The third kappa shape index (κ3) is 4.60. The fourth-order valence-corrected chi connectivity index (χ4v) is 4.09. The molecule has 0 aliphatic carbocycles. The van der Waals surface area contributed by atoms with Gasteiger partial charge in [-0.2, -0.15) is 0 Å². The van der Waals surface area contributed by atoms with Gasteiger partial charge in [0.15, 0.2) is 5.03 Å². The third-order valence-corrected chi connectivity index (χ3v) is 6.09. The average molecular weight is 404 g/mol. The zero-order valence-corrected chi connectivity index (χ0v) is 15.6. The van der Waals surface area contributed by atoms with E-state index >= 15 is 0 Å². The summed E-state index contributed by atoms with van der Waals surface area (Å²) in [5, 5.41) is 2.34. The second-order valence-electron chi connectivity index (χ2n) is 4.79. The van der Waals surface area contributed by atoms with Crippen LogP contribution in [0.1, 0.15) is 6.92 Å². The molecule has 8 heteroatoms. The molecule has 0 amide bonds. The van der Waals surface area contributed by atoms with Crippen molar-refractivity contribution in [2.45, 2.75) is 11.9 Å². The van der Waals surface area contributed by atoms with E-state index in [1.807, 2.05) is 43.1 Å². The molecule has 0 aliphatic heterocycles. The summed E-state index contributed by atoms with van der Waals surface area (Å²) >= 11 is 4.70. The van der Waals surface area contributed by atoms with Crippen molar-refractivity contribution in [1.29, 1.82) is 0 Å². The van der Waals surface area contributed by atoms with Gasteiger partial charge in [0.2, 0.25) is 0 Å². The zero-order valence-electron chi connectivity index (χ0n) is 12.4. The first kappa shape index (κ1) is 17.6. The van der Waals surface area contributed by atoms with Crippen molar-refractivity contribution in [3.63, 3.8) is 0 Å². The molecule has 0 saturated carbocycles. The van der Waals surface area contributed by atoms with Gasteiger partial charge in [-0.25, -0.2) is 18.1 Å². The van der Waals surface area contributed by atoms with E-state index in [4.69, 9.17) is 0 Å². The minimum atomic E-state index is -3.55. The van der Waals surface area contributed by atoms with Crippen molar-refractivity contribution in [3.8, 4) is 10.6 Å². The minimum Gasteiger partial charge on any atom is -0.305 e. The number of sulfonamides is 1. The fraction of sp³-hybridized carbons (Fsp3) is 0.357. The van der Waals surface area contributed by atoms with Crippen LogP contribution in [-0.2, 0) is 10.0 Å². The summed E-state index contributed by atoms with van der Waals surface area (Å²) in [5.41, 5.74) is 0.903. The van der Waals surface area contributed by atoms with Crippen LogP contribution >= 0.6 is 27.3 Å². The highest BCUT2D eigenvalue weighted by Crippen LogP contribution is 2.26. The summed E-state index contributed by atoms with van der Waals surface area (Å²) in [6.45, 7) is 3.95. The molecule has 0 fully saturated rings. The van der Waals surface area contributed by atoms with Crippen LogP contribution in [0.5, 0.6) is 0 Å². The number of rotatable bonds is 7. The Labute approximate surface area is 143 Å². The van der Waals surface area contributed by atoms with E-state index in [1.54, 1.807) is 5.38 Å². The first-order chi connectivity index (χ1) is 10.4. The number of halogens is 1. The Morgan fingerprint density at radius 2 is 2.00 bits per heavy atom. The van der Waals surface area contributed by atoms with E-state index < -0.39 is 10.0 Å². The maximum atomic E-state index is 12.2. The summed E-state index contributed by atoms with van der Waals surface area (Å²) in [4.78, 5) is 6.28. The van der Waals surface area contributed by atoms with Gasteiger partial charge in [0.25, 0.3) is 10.0 Å². The van der Waals surface area contributed by atoms with Gasteiger partial charge in [-0.1, -0.05) is 35.0 Å². The summed E-state index contributed by atoms with van der Waals surface area (Å²) in [5.74, 6) is 0. The Morgan fingerprint density at radius 3 is 2.64 bits per heavy atom. The number of benzene rings is 1. The molecule has 0 atom stereocenters. The van der Waals surface area contributed by atoms with Crippen molar-refractivity contribution >= 4 is 37.3 Å². The SMILES string of the molecule is CCN(C)CCNS(=O)(=O)c1csc(-c2ccc(Br)cc2)n1. The summed E-state index contributed by atoms with van der Waals surface area (Å²) < 4.78 is 28.0. The van der Waals surface area contributed by atoms with E-state index in [9.17, 15) is 8.42 Å². The van der Waals surface area contributed by atoms with Gasteiger partial charge in [-0.15, -0.1) is 11.3 Å². The van der Waals surface area contributed by atoms with Crippen LogP contribution in [0.3, 0.4) is 0 Å². The minimum absolute atomic E-state index is 0.0783. The zero-order chi connectivity index (χ0) is 16.2. The van der Waals surface area contributed by atoms with Gasteiger partial charge < -0.3 is 4.90 Å². The molecule has 0 aliphatic rings. The molecule has 0 bridgehead atoms. The summed E-state index contributed by atoms with van der Waals surface area (Å²) in [7, 11) is -1.60. The van der Waals surface area contributed by atoms with Gasteiger partial charge in [0, 0.05) is 28.5 Å². The molecular weight excluding hydrogens is 386 g/mol. The van der Waals surface area contributed by atoms with E-state index in [0.29, 0.717) is 18.1 Å². The number of hydrogen-bond acceptors (Lipinski definition) is 5. The maximum absolute atomic E-state index is 12.2. The van der Waals surface area contributed by atoms with E-state index in [0.717, 1.165) is 16.6 Å². The van der Waals surface area contributed by atoms with Crippen LogP contribution in [0.25, 0.3) is 10.6 Å². The first-order valence-electron chi connectivity index (χ1n) is 6.82. The second-order valence-corrected chi connectivity index (χ2v) is 8.28. The predicted molar refractivity (Wildman–Crippen MR) is 93.6 cm³/mol. The molecular formula is C14H18BrN3O2S2. The monoisotopic (exact) mass is 403 g/mol. The molecule has 2 rings (SSSR count).